The molecule has 1 saturated carbocycles. The number of halogens is 3. The predicted molar refractivity (Wildman–Crippen MR) is 156 cm³/mol. The molecule has 0 radical (unpaired) electrons. The lowest BCUT2D eigenvalue weighted by molar-refractivity contribution is -0.139. The van der Waals surface area contributed by atoms with Crippen LogP contribution in [0.4, 0.5) is 13.2 Å². The van der Waals surface area contributed by atoms with E-state index in [2.05, 4.69) is 36.1 Å². The summed E-state index contributed by atoms with van der Waals surface area (Å²) >= 11 is 0. The standard InChI is InChI=1S/C31H41F3N8O/c1-42-27(40-41-28(42)25-13-16-35-21-39-25)19-36-26-17-24(30(20-38-26)14-9-5-3-2-4-6-10-15-30)29(43)37-18-22-11-7-8-12-23(22)31(32,33)34/h7-8,11-13,16,21,24,26,36,38H,2-6,9-10,14-15,17-20H2,1H3,(H,37,43). The van der Waals surface area contributed by atoms with Gasteiger partial charge in [0, 0.05) is 32.3 Å². The molecule has 1 amide bonds. The molecule has 1 saturated heterocycles. The van der Waals surface area contributed by atoms with Gasteiger partial charge in [0.1, 0.15) is 17.8 Å². The molecular weight excluding hydrogens is 557 g/mol. The molecule has 2 aliphatic rings. The van der Waals surface area contributed by atoms with Crippen LogP contribution in [-0.2, 0) is 31.1 Å². The van der Waals surface area contributed by atoms with E-state index in [1.54, 1.807) is 18.3 Å². The Hall–Kier alpha value is -3.38. The largest absolute Gasteiger partial charge is 0.416 e. The number of nitrogens with one attached hydrogen (secondary N) is 3. The van der Waals surface area contributed by atoms with Crippen LogP contribution in [0.5, 0.6) is 0 Å². The molecule has 2 aromatic heterocycles. The summed E-state index contributed by atoms with van der Waals surface area (Å²) in [5.41, 5.74) is -0.199. The summed E-state index contributed by atoms with van der Waals surface area (Å²) in [6.07, 6.45) is 8.88. The van der Waals surface area contributed by atoms with Gasteiger partial charge in [-0.25, -0.2) is 9.97 Å². The second kappa shape index (κ2) is 13.9. The molecule has 1 aliphatic carbocycles. The second-order valence-corrected chi connectivity index (χ2v) is 11.9. The van der Waals surface area contributed by atoms with Crippen LogP contribution in [0.25, 0.3) is 11.5 Å². The van der Waals surface area contributed by atoms with Crippen LogP contribution in [0.15, 0.2) is 42.9 Å². The molecule has 1 aliphatic heterocycles. The summed E-state index contributed by atoms with van der Waals surface area (Å²) in [5, 5.41) is 18.7. The van der Waals surface area contributed by atoms with Crippen LogP contribution in [0.2, 0.25) is 0 Å². The number of piperidine rings is 1. The summed E-state index contributed by atoms with van der Waals surface area (Å²) in [4.78, 5) is 22.1. The number of aromatic nitrogens is 5. The first-order chi connectivity index (χ1) is 20.8. The van der Waals surface area contributed by atoms with E-state index >= 15 is 0 Å². The van der Waals surface area contributed by atoms with Gasteiger partial charge in [0.2, 0.25) is 5.91 Å². The maximum Gasteiger partial charge on any atom is 0.416 e. The van der Waals surface area contributed by atoms with Crippen LogP contribution in [0.1, 0.15) is 81.2 Å². The Labute approximate surface area is 250 Å². The molecule has 3 N–H and O–H groups in total. The Morgan fingerprint density at radius 2 is 1.74 bits per heavy atom. The van der Waals surface area contributed by atoms with Gasteiger partial charge in [-0.2, -0.15) is 13.2 Å². The minimum atomic E-state index is -4.48. The van der Waals surface area contributed by atoms with E-state index in [0.29, 0.717) is 31.0 Å². The van der Waals surface area contributed by atoms with Crippen LogP contribution in [0.3, 0.4) is 0 Å². The van der Waals surface area contributed by atoms with Crippen molar-refractivity contribution in [3.8, 4) is 11.5 Å². The summed E-state index contributed by atoms with van der Waals surface area (Å²) in [5.74, 6) is 0.846. The smallest absolute Gasteiger partial charge is 0.352 e. The first-order valence-electron chi connectivity index (χ1n) is 15.3. The van der Waals surface area contributed by atoms with Crippen LogP contribution >= 0.6 is 0 Å². The highest BCUT2D eigenvalue weighted by Crippen LogP contribution is 2.44. The average molecular weight is 599 g/mol. The lowest BCUT2D eigenvalue weighted by Gasteiger charge is -2.47. The minimum Gasteiger partial charge on any atom is -0.352 e. The number of benzene rings is 1. The molecular formula is C31H41F3N8O. The second-order valence-electron chi connectivity index (χ2n) is 11.9. The van der Waals surface area contributed by atoms with Crippen molar-refractivity contribution >= 4 is 5.91 Å². The Kier molecular flexibility index (Phi) is 10.1. The first-order valence-corrected chi connectivity index (χ1v) is 15.3. The SMILES string of the molecule is Cn1c(CNC2CC(C(=O)NCc3ccccc3C(F)(F)F)C3(CCCCCCCCC3)CN2)nnc1-c1ccncn1. The number of alkyl halides is 3. The number of carbonyl (C=O) groups is 1. The van der Waals surface area contributed by atoms with Crippen molar-refractivity contribution in [2.45, 2.75) is 89.6 Å². The van der Waals surface area contributed by atoms with Gasteiger partial charge in [-0.1, -0.05) is 63.1 Å². The highest BCUT2D eigenvalue weighted by Gasteiger charge is 2.46. The van der Waals surface area contributed by atoms with Crippen LogP contribution in [-0.4, -0.2) is 43.4 Å². The molecule has 2 atom stereocenters. The molecule has 0 bridgehead atoms. The fraction of sp³-hybridized carbons (Fsp3) is 0.581. The fourth-order valence-corrected chi connectivity index (χ4v) is 6.68. The number of hydrogen-bond donors (Lipinski definition) is 3. The molecule has 2 unspecified atom stereocenters. The fourth-order valence-electron chi connectivity index (χ4n) is 6.68. The van der Waals surface area contributed by atoms with E-state index in [1.807, 2.05) is 11.6 Å². The van der Waals surface area contributed by atoms with Crippen LogP contribution in [0, 0.1) is 11.3 Å². The van der Waals surface area contributed by atoms with Gasteiger partial charge in [-0.05, 0) is 42.4 Å². The normalized spacial score (nSPS) is 21.4. The molecule has 232 valence electrons. The van der Waals surface area contributed by atoms with Crippen molar-refractivity contribution in [2.24, 2.45) is 18.4 Å². The summed E-state index contributed by atoms with van der Waals surface area (Å²) in [6, 6.07) is 7.23. The van der Waals surface area contributed by atoms with E-state index < -0.39 is 11.7 Å². The Bertz CT molecular complexity index is 1340. The molecule has 5 rings (SSSR count). The summed E-state index contributed by atoms with van der Waals surface area (Å²) < 4.78 is 42.8. The third-order valence-electron chi connectivity index (χ3n) is 9.14. The summed E-state index contributed by atoms with van der Waals surface area (Å²) in [7, 11) is 1.88. The average Bonchev–Trinajstić information content (AvgIpc) is 3.38. The Balaban J connectivity index is 1.31. The van der Waals surface area contributed by atoms with Gasteiger partial charge in [-0.15, -0.1) is 10.2 Å². The molecule has 1 spiro atoms. The van der Waals surface area contributed by atoms with E-state index in [4.69, 9.17) is 0 Å². The zero-order chi connectivity index (χ0) is 30.3. The topological polar surface area (TPSA) is 110 Å². The van der Waals surface area contributed by atoms with Crippen LogP contribution < -0.4 is 16.0 Å². The van der Waals surface area contributed by atoms with Gasteiger partial charge in [0.25, 0.3) is 0 Å². The third-order valence-corrected chi connectivity index (χ3v) is 9.14. The van der Waals surface area contributed by atoms with Crippen molar-refractivity contribution in [1.29, 1.82) is 0 Å². The third kappa shape index (κ3) is 7.59. The Morgan fingerprint density at radius 1 is 1.02 bits per heavy atom. The van der Waals surface area contributed by atoms with Crippen molar-refractivity contribution in [2.75, 3.05) is 6.54 Å². The van der Waals surface area contributed by atoms with Gasteiger partial charge in [-0.3, -0.25) is 10.1 Å². The number of amides is 1. The monoisotopic (exact) mass is 598 g/mol. The highest BCUT2D eigenvalue weighted by atomic mass is 19.4. The molecule has 1 aromatic carbocycles. The number of carbonyl (C=O) groups excluding carboxylic acids is 1. The first kappa shape index (κ1) is 31.1. The Morgan fingerprint density at radius 3 is 2.44 bits per heavy atom. The molecule has 12 heteroatoms. The van der Waals surface area contributed by atoms with E-state index in [1.165, 1.54) is 37.7 Å². The molecule has 3 heterocycles. The number of rotatable bonds is 7. The molecule has 9 nitrogen and oxygen atoms in total. The van der Waals surface area contributed by atoms with Gasteiger partial charge in [0.05, 0.1) is 18.3 Å². The van der Waals surface area contributed by atoms with E-state index in [-0.39, 0.29) is 35.5 Å². The minimum absolute atomic E-state index is 0.0775. The summed E-state index contributed by atoms with van der Waals surface area (Å²) in [6.45, 7) is 0.941. The maximum atomic E-state index is 13.9. The van der Waals surface area contributed by atoms with Gasteiger partial charge in [0.15, 0.2) is 5.82 Å². The zero-order valence-electron chi connectivity index (χ0n) is 24.7. The molecule has 3 aromatic rings. The zero-order valence-corrected chi connectivity index (χ0v) is 24.7. The molecule has 43 heavy (non-hydrogen) atoms. The lowest BCUT2D eigenvalue weighted by Crippen LogP contribution is -2.59. The van der Waals surface area contributed by atoms with Gasteiger partial charge < -0.3 is 15.2 Å². The highest BCUT2D eigenvalue weighted by molar-refractivity contribution is 5.80. The van der Waals surface area contributed by atoms with Crippen molar-refractivity contribution in [3.05, 3.63) is 59.8 Å². The quantitative estimate of drug-likeness (QED) is 0.345. The number of nitrogens with zero attached hydrogens (tertiary/aromatic N) is 5. The van der Waals surface area contributed by atoms with Crippen molar-refractivity contribution in [3.63, 3.8) is 0 Å². The number of hydrogen-bond acceptors (Lipinski definition) is 7. The van der Waals surface area contributed by atoms with E-state index in [0.717, 1.165) is 50.4 Å². The van der Waals surface area contributed by atoms with E-state index in [9.17, 15) is 18.0 Å². The molecule has 2 fully saturated rings. The lowest BCUT2D eigenvalue weighted by atomic mass is 9.64. The van der Waals surface area contributed by atoms with Crippen molar-refractivity contribution in [1.82, 2.24) is 40.7 Å². The maximum absolute atomic E-state index is 13.9. The van der Waals surface area contributed by atoms with Gasteiger partial charge >= 0.3 is 6.18 Å². The predicted octanol–water partition coefficient (Wildman–Crippen LogP) is 5.14. The van der Waals surface area contributed by atoms with Crippen molar-refractivity contribution < 1.29 is 18.0 Å².